The van der Waals surface area contributed by atoms with Crippen LogP contribution in [0.15, 0.2) is 28.9 Å². The second kappa shape index (κ2) is 5.26. The summed E-state index contributed by atoms with van der Waals surface area (Å²) in [5.74, 6) is -0.557. The summed E-state index contributed by atoms with van der Waals surface area (Å²) < 4.78 is 7.06. The van der Waals surface area contributed by atoms with Gasteiger partial charge in [0.15, 0.2) is 0 Å². The van der Waals surface area contributed by atoms with E-state index in [0.717, 1.165) is 16.6 Å². The van der Waals surface area contributed by atoms with Crippen LogP contribution in [0.5, 0.6) is 5.75 Å². The molecule has 26 heavy (non-hydrogen) atoms. The number of phenolic OH excluding ortho intramolecular Hbond substituents is 1. The Kier molecular flexibility index (Phi) is 3.24. The molecule has 0 radical (unpaired) electrons. The number of nitrogen functional groups attached to an aromatic ring is 1. The molecule has 0 spiro atoms. The predicted octanol–water partition coefficient (Wildman–Crippen LogP) is 3.06. The van der Waals surface area contributed by atoms with Crippen LogP contribution in [0.3, 0.4) is 0 Å². The van der Waals surface area contributed by atoms with E-state index in [-0.39, 0.29) is 17.0 Å². The summed E-state index contributed by atoms with van der Waals surface area (Å²) in [5, 5.41) is 15.7. The van der Waals surface area contributed by atoms with Gasteiger partial charge in [-0.2, -0.15) is 5.10 Å². The number of aryl methyl sites for hydroxylation is 2. The minimum absolute atomic E-state index is 0.0706. The van der Waals surface area contributed by atoms with Crippen LogP contribution < -0.4 is 11.5 Å². The van der Waals surface area contributed by atoms with Crippen molar-refractivity contribution in [2.45, 2.75) is 20.8 Å². The summed E-state index contributed by atoms with van der Waals surface area (Å²) in [5.41, 5.74) is 16.9. The molecule has 132 valence electrons. The maximum atomic E-state index is 12.1. The molecule has 7 nitrogen and oxygen atoms in total. The maximum absolute atomic E-state index is 12.1. The lowest BCUT2D eigenvalue weighted by Crippen LogP contribution is -2.12. The molecule has 0 atom stereocenters. The van der Waals surface area contributed by atoms with E-state index in [1.54, 1.807) is 23.6 Å². The summed E-state index contributed by atoms with van der Waals surface area (Å²) in [7, 11) is 0. The molecule has 3 heterocycles. The number of phenols is 1. The fourth-order valence-corrected chi connectivity index (χ4v) is 3.38. The highest BCUT2D eigenvalue weighted by atomic mass is 16.3. The van der Waals surface area contributed by atoms with Gasteiger partial charge in [0.1, 0.15) is 11.3 Å². The number of nitrogens with zero attached hydrogens (tertiary/aromatic N) is 2. The Balaban J connectivity index is 2.26. The van der Waals surface area contributed by atoms with E-state index in [2.05, 4.69) is 5.10 Å². The number of aromatic nitrogens is 2. The number of rotatable bonds is 2. The number of benzene rings is 1. The lowest BCUT2D eigenvalue weighted by molar-refractivity contribution is 0.100. The zero-order valence-corrected chi connectivity index (χ0v) is 14.6. The lowest BCUT2D eigenvalue weighted by Gasteiger charge is -2.11. The Hall–Kier alpha value is -3.48. The van der Waals surface area contributed by atoms with Crippen LogP contribution in [0.1, 0.15) is 27.2 Å². The van der Waals surface area contributed by atoms with Crippen molar-refractivity contribution in [3.63, 3.8) is 0 Å². The van der Waals surface area contributed by atoms with Gasteiger partial charge in [0, 0.05) is 22.6 Å². The number of hydrogen-bond acceptors (Lipinski definition) is 5. The Morgan fingerprint density at radius 1 is 1.27 bits per heavy atom. The molecule has 3 aromatic heterocycles. The molecule has 4 aromatic rings. The first-order chi connectivity index (χ1) is 12.3. The quantitative estimate of drug-likeness (QED) is 0.513. The first-order valence-electron chi connectivity index (χ1n) is 8.09. The molecule has 1 aromatic carbocycles. The van der Waals surface area contributed by atoms with Gasteiger partial charge >= 0.3 is 0 Å². The number of hydrogen-bond donors (Lipinski definition) is 3. The smallest absolute Gasteiger partial charge is 0.253 e. The van der Waals surface area contributed by atoms with Crippen molar-refractivity contribution in [1.29, 1.82) is 0 Å². The van der Waals surface area contributed by atoms with Crippen LogP contribution in [0, 0.1) is 20.8 Å². The van der Waals surface area contributed by atoms with E-state index >= 15 is 0 Å². The van der Waals surface area contributed by atoms with Crippen LogP contribution in [-0.2, 0) is 0 Å². The Morgan fingerprint density at radius 3 is 2.69 bits per heavy atom. The zero-order valence-electron chi connectivity index (χ0n) is 14.6. The van der Waals surface area contributed by atoms with Crippen LogP contribution in [0.2, 0.25) is 0 Å². The minimum atomic E-state index is -0.627. The van der Waals surface area contributed by atoms with Gasteiger partial charge in [-0.25, -0.2) is 4.52 Å². The van der Waals surface area contributed by atoms with Crippen LogP contribution in [0.4, 0.5) is 5.69 Å². The highest BCUT2D eigenvalue weighted by molar-refractivity contribution is 6.11. The highest BCUT2D eigenvalue weighted by Crippen LogP contribution is 2.42. The zero-order chi connectivity index (χ0) is 18.7. The molecular formula is C19H18N4O3. The monoisotopic (exact) mass is 350 g/mol. The Labute approximate surface area is 148 Å². The molecule has 0 saturated carbocycles. The molecule has 0 unspecified atom stereocenters. The third-order valence-corrected chi connectivity index (χ3v) is 4.87. The third-order valence-electron chi connectivity index (χ3n) is 4.87. The van der Waals surface area contributed by atoms with E-state index in [1.165, 1.54) is 6.26 Å². The molecule has 7 heteroatoms. The molecule has 0 aliphatic rings. The average molecular weight is 350 g/mol. The van der Waals surface area contributed by atoms with Crippen LogP contribution in [0.25, 0.3) is 27.7 Å². The topological polar surface area (TPSA) is 120 Å². The number of carbonyl (C=O) groups excluding carboxylic acids is 1. The second-order valence-corrected chi connectivity index (χ2v) is 6.44. The summed E-state index contributed by atoms with van der Waals surface area (Å²) in [4.78, 5) is 12.1. The summed E-state index contributed by atoms with van der Waals surface area (Å²) in [6.45, 7) is 5.56. The van der Waals surface area contributed by atoms with Crippen molar-refractivity contribution in [3.05, 3.63) is 46.8 Å². The standard InChI is InChI=1S/C19H18N4O3/c1-8-6-12-16(19(21)25)17(20)18(23(12)22-10(8)3)15-9(2)13(24)7-14-11(15)4-5-26-14/h4-7,24H,20H2,1-3H3,(H2,21,25). The van der Waals surface area contributed by atoms with E-state index in [1.807, 2.05) is 19.9 Å². The molecule has 0 aliphatic heterocycles. The summed E-state index contributed by atoms with van der Waals surface area (Å²) in [6, 6.07) is 5.19. The lowest BCUT2D eigenvalue weighted by atomic mass is 9.99. The van der Waals surface area contributed by atoms with E-state index < -0.39 is 5.91 Å². The average Bonchev–Trinajstić information content (AvgIpc) is 3.12. The molecule has 1 amide bonds. The van der Waals surface area contributed by atoms with E-state index in [9.17, 15) is 9.90 Å². The fourth-order valence-electron chi connectivity index (χ4n) is 3.38. The number of furan rings is 1. The van der Waals surface area contributed by atoms with Crippen molar-refractivity contribution in [2.24, 2.45) is 5.73 Å². The van der Waals surface area contributed by atoms with Crippen molar-refractivity contribution in [1.82, 2.24) is 9.61 Å². The maximum Gasteiger partial charge on any atom is 0.253 e. The van der Waals surface area contributed by atoms with Gasteiger partial charge in [0.2, 0.25) is 0 Å². The normalized spacial score (nSPS) is 11.5. The van der Waals surface area contributed by atoms with Crippen molar-refractivity contribution < 1.29 is 14.3 Å². The summed E-state index contributed by atoms with van der Waals surface area (Å²) in [6.07, 6.45) is 1.54. The van der Waals surface area contributed by atoms with Gasteiger partial charge in [0.05, 0.1) is 34.4 Å². The van der Waals surface area contributed by atoms with Crippen molar-refractivity contribution in [2.75, 3.05) is 5.73 Å². The van der Waals surface area contributed by atoms with Gasteiger partial charge < -0.3 is 21.0 Å². The minimum Gasteiger partial charge on any atom is -0.508 e. The Morgan fingerprint density at radius 2 is 2.00 bits per heavy atom. The van der Waals surface area contributed by atoms with Gasteiger partial charge in [-0.15, -0.1) is 0 Å². The predicted molar refractivity (Wildman–Crippen MR) is 99.2 cm³/mol. The third kappa shape index (κ3) is 2.00. The number of primary amides is 1. The van der Waals surface area contributed by atoms with E-state index in [0.29, 0.717) is 27.9 Å². The largest absolute Gasteiger partial charge is 0.508 e. The number of aromatic hydroxyl groups is 1. The number of nitrogens with two attached hydrogens (primary N) is 2. The number of anilines is 1. The number of fused-ring (bicyclic) bond motifs is 2. The molecule has 0 bridgehead atoms. The van der Waals surface area contributed by atoms with Gasteiger partial charge in [-0.3, -0.25) is 4.79 Å². The summed E-state index contributed by atoms with van der Waals surface area (Å²) >= 11 is 0. The van der Waals surface area contributed by atoms with Gasteiger partial charge in [-0.1, -0.05) is 0 Å². The van der Waals surface area contributed by atoms with Crippen LogP contribution >= 0.6 is 0 Å². The second-order valence-electron chi connectivity index (χ2n) is 6.44. The van der Waals surface area contributed by atoms with Crippen molar-refractivity contribution in [3.8, 4) is 17.0 Å². The number of carbonyl (C=O) groups is 1. The molecule has 0 saturated heterocycles. The SMILES string of the molecule is Cc1cc2c(C(N)=O)c(N)c(-c3c(C)c(O)cc4occc34)n2nc1C. The molecule has 0 fully saturated rings. The molecule has 4 rings (SSSR count). The van der Waals surface area contributed by atoms with Gasteiger partial charge in [0.25, 0.3) is 5.91 Å². The van der Waals surface area contributed by atoms with E-state index in [4.69, 9.17) is 15.9 Å². The molecular weight excluding hydrogens is 332 g/mol. The first kappa shape index (κ1) is 16.0. The number of amides is 1. The van der Waals surface area contributed by atoms with Crippen molar-refractivity contribution >= 4 is 28.1 Å². The molecule has 5 N–H and O–H groups in total. The fraction of sp³-hybridized carbons (Fsp3) is 0.158. The first-order valence-corrected chi connectivity index (χ1v) is 8.09. The Bertz CT molecular complexity index is 1220. The van der Waals surface area contributed by atoms with Gasteiger partial charge in [-0.05, 0) is 38.5 Å². The highest BCUT2D eigenvalue weighted by Gasteiger charge is 2.26. The molecule has 0 aliphatic carbocycles. The van der Waals surface area contributed by atoms with Crippen LogP contribution in [-0.4, -0.2) is 20.6 Å².